The summed E-state index contributed by atoms with van der Waals surface area (Å²) in [5, 5.41) is 0. The highest BCUT2D eigenvalue weighted by Gasteiger charge is 2.18. The van der Waals surface area contributed by atoms with Gasteiger partial charge in [0.15, 0.2) is 5.78 Å². The smallest absolute Gasteiger partial charge is 0.240 e. The van der Waals surface area contributed by atoms with Gasteiger partial charge in [-0.05, 0) is 24.5 Å². The van der Waals surface area contributed by atoms with Gasteiger partial charge in [0, 0.05) is 18.5 Å². The van der Waals surface area contributed by atoms with Crippen LogP contribution in [0.25, 0.3) is 0 Å². The minimum atomic E-state index is -3.55. The van der Waals surface area contributed by atoms with E-state index in [0.29, 0.717) is 24.1 Å². The topological polar surface area (TPSA) is 63.2 Å². The van der Waals surface area contributed by atoms with Crippen LogP contribution in [0.2, 0.25) is 0 Å². The second-order valence-electron chi connectivity index (χ2n) is 5.00. The van der Waals surface area contributed by atoms with Crippen LogP contribution < -0.4 is 4.72 Å². The third-order valence-electron chi connectivity index (χ3n) is 2.80. The Labute approximate surface area is 115 Å². The van der Waals surface area contributed by atoms with Crippen molar-refractivity contribution in [2.24, 2.45) is 5.92 Å². The lowest BCUT2D eigenvalue weighted by atomic mass is 10.1. The van der Waals surface area contributed by atoms with Gasteiger partial charge in [0.25, 0.3) is 0 Å². The Morgan fingerprint density at radius 2 is 1.95 bits per heavy atom. The van der Waals surface area contributed by atoms with Gasteiger partial charge in [-0.2, -0.15) is 0 Å². The highest BCUT2D eigenvalue weighted by molar-refractivity contribution is 7.89. The van der Waals surface area contributed by atoms with Crippen LogP contribution in [0.1, 0.15) is 43.1 Å². The zero-order valence-electron chi connectivity index (χ0n) is 11.9. The van der Waals surface area contributed by atoms with Crippen molar-refractivity contribution < 1.29 is 13.2 Å². The van der Waals surface area contributed by atoms with Gasteiger partial charge < -0.3 is 0 Å². The Bertz CT molecular complexity index is 562. The molecule has 1 aromatic rings. The predicted octanol–water partition coefficient (Wildman–Crippen LogP) is 2.52. The second kappa shape index (κ2) is 6.30. The normalized spacial score (nSPS) is 11.8. The van der Waals surface area contributed by atoms with Crippen LogP contribution >= 0.6 is 0 Å². The molecule has 106 valence electrons. The first-order chi connectivity index (χ1) is 8.77. The summed E-state index contributed by atoms with van der Waals surface area (Å²) in [5.41, 5.74) is 1.09. The molecule has 0 heterocycles. The van der Waals surface area contributed by atoms with Crippen LogP contribution in [0.5, 0.6) is 0 Å². The molecular weight excluding hydrogens is 262 g/mol. The quantitative estimate of drug-likeness (QED) is 0.816. The Kier molecular flexibility index (Phi) is 5.26. The zero-order valence-corrected chi connectivity index (χ0v) is 12.7. The van der Waals surface area contributed by atoms with Gasteiger partial charge in [-0.15, -0.1) is 0 Å². The van der Waals surface area contributed by atoms with Gasteiger partial charge in [0.05, 0.1) is 4.90 Å². The van der Waals surface area contributed by atoms with Crippen LogP contribution in [-0.2, 0) is 10.0 Å². The van der Waals surface area contributed by atoms with E-state index in [2.05, 4.69) is 4.72 Å². The molecule has 0 aliphatic carbocycles. The number of sulfonamides is 1. The van der Waals surface area contributed by atoms with E-state index in [-0.39, 0.29) is 16.6 Å². The van der Waals surface area contributed by atoms with E-state index in [1.807, 2.05) is 13.8 Å². The van der Waals surface area contributed by atoms with Gasteiger partial charge in [0.1, 0.15) is 0 Å². The number of hydrogen-bond donors (Lipinski definition) is 1. The van der Waals surface area contributed by atoms with E-state index < -0.39 is 10.0 Å². The fourth-order valence-corrected chi connectivity index (χ4v) is 3.10. The number of ketones is 1. The van der Waals surface area contributed by atoms with Crippen LogP contribution in [0.15, 0.2) is 23.1 Å². The molecular formula is C14H21NO3S. The standard InChI is InChI=1S/C14H21NO3S/c1-5-13(16)12-7-6-11(4)14(8-12)19(17,18)15-9-10(2)3/h6-8,10,15H,5,9H2,1-4H3. The van der Waals surface area contributed by atoms with E-state index in [9.17, 15) is 13.2 Å². The molecule has 0 aromatic heterocycles. The number of Topliss-reactive ketones (excluding diaryl/α,β-unsaturated/α-hetero) is 1. The largest absolute Gasteiger partial charge is 0.294 e. The number of hydrogen-bond acceptors (Lipinski definition) is 3. The number of aryl methyl sites for hydroxylation is 1. The molecule has 4 nitrogen and oxygen atoms in total. The summed E-state index contributed by atoms with van der Waals surface area (Å²) in [6.45, 7) is 7.74. The van der Waals surface area contributed by atoms with Gasteiger partial charge in [-0.25, -0.2) is 13.1 Å². The first-order valence-electron chi connectivity index (χ1n) is 6.41. The van der Waals surface area contributed by atoms with E-state index in [0.717, 1.165) is 0 Å². The average molecular weight is 283 g/mol. The van der Waals surface area contributed by atoms with Crippen molar-refractivity contribution in [3.05, 3.63) is 29.3 Å². The number of benzene rings is 1. The van der Waals surface area contributed by atoms with Crippen molar-refractivity contribution >= 4 is 15.8 Å². The summed E-state index contributed by atoms with van der Waals surface area (Å²) in [6, 6.07) is 4.80. The molecule has 0 saturated heterocycles. The van der Waals surface area contributed by atoms with Crippen LogP contribution in [0.4, 0.5) is 0 Å². The lowest BCUT2D eigenvalue weighted by molar-refractivity contribution is 0.0988. The highest BCUT2D eigenvalue weighted by atomic mass is 32.2. The fourth-order valence-electron chi connectivity index (χ4n) is 1.62. The molecule has 1 aromatic carbocycles. The molecule has 0 spiro atoms. The molecule has 0 aliphatic heterocycles. The van der Waals surface area contributed by atoms with Crippen LogP contribution in [0, 0.1) is 12.8 Å². The summed E-state index contributed by atoms with van der Waals surface area (Å²) in [6.07, 6.45) is 0.363. The van der Waals surface area contributed by atoms with Gasteiger partial charge in [-0.1, -0.05) is 32.9 Å². The first-order valence-corrected chi connectivity index (χ1v) is 7.89. The third-order valence-corrected chi connectivity index (χ3v) is 4.37. The summed E-state index contributed by atoms with van der Waals surface area (Å²) in [7, 11) is -3.55. The molecule has 5 heteroatoms. The van der Waals surface area contributed by atoms with Crippen molar-refractivity contribution in [3.63, 3.8) is 0 Å². The molecule has 0 saturated carbocycles. The summed E-state index contributed by atoms with van der Waals surface area (Å²) in [4.78, 5) is 11.8. The minimum Gasteiger partial charge on any atom is -0.294 e. The minimum absolute atomic E-state index is 0.0553. The Morgan fingerprint density at radius 1 is 1.32 bits per heavy atom. The third kappa shape index (κ3) is 4.14. The van der Waals surface area contributed by atoms with Crippen molar-refractivity contribution in [3.8, 4) is 0 Å². The molecule has 0 radical (unpaired) electrons. The molecule has 1 rings (SSSR count). The zero-order chi connectivity index (χ0) is 14.6. The van der Waals surface area contributed by atoms with Crippen LogP contribution in [-0.4, -0.2) is 20.7 Å². The lowest BCUT2D eigenvalue weighted by Crippen LogP contribution is -2.28. The molecule has 19 heavy (non-hydrogen) atoms. The second-order valence-corrected chi connectivity index (χ2v) is 6.74. The van der Waals surface area contributed by atoms with Crippen molar-refractivity contribution in [1.29, 1.82) is 0 Å². The number of carbonyl (C=O) groups excluding carboxylic acids is 1. The lowest BCUT2D eigenvalue weighted by Gasteiger charge is -2.12. The fraction of sp³-hybridized carbons (Fsp3) is 0.500. The maximum atomic E-state index is 12.2. The van der Waals surface area contributed by atoms with Gasteiger partial charge >= 0.3 is 0 Å². The first kappa shape index (κ1) is 15.9. The Hall–Kier alpha value is -1.20. The molecule has 0 fully saturated rings. The van der Waals surface area contributed by atoms with Crippen LogP contribution in [0.3, 0.4) is 0 Å². The summed E-state index contributed by atoms with van der Waals surface area (Å²) < 4.78 is 27.0. The predicted molar refractivity (Wildman–Crippen MR) is 75.8 cm³/mol. The van der Waals surface area contributed by atoms with Crippen molar-refractivity contribution in [1.82, 2.24) is 4.72 Å². The van der Waals surface area contributed by atoms with Gasteiger partial charge in [0.2, 0.25) is 10.0 Å². The molecule has 1 N–H and O–H groups in total. The average Bonchev–Trinajstić information content (AvgIpc) is 2.36. The monoisotopic (exact) mass is 283 g/mol. The van der Waals surface area contributed by atoms with E-state index in [4.69, 9.17) is 0 Å². The molecule has 0 unspecified atom stereocenters. The van der Waals surface area contributed by atoms with E-state index >= 15 is 0 Å². The number of rotatable bonds is 6. The highest BCUT2D eigenvalue weighted by Crippen LogP contribution is 2.18. The maximum absolute atomic E-state index is 12.2. The molecule has 0 amide bonds. The van der Waals surface area contributed by atoms with E-state index in [1.54, 1.807) is 26.0 Å². The maximum Gasteiger partial charge on any atom is 0.240 e. The summed E-state index contributed by atoms with van der Waals surface area (Å²) in [5.74, 6) is 0.177. The van der Waals surface area contributed by atoms with Gasteiger partial charge in [-0.3, -0.25) is 4.79 Å². The Balaban J connectivity index is 3.15. The number of nitrogens with one attached hydrogen (secondary N) is 1. The van der Waals surface area contributed by atoms with Crippen molar-refractivity contribution in [2.45, 2.75) is 39.0 Å². The summed E-state index contributed by atoms with van der Waals surface area (Å²) >= 11 is 0. The Morgan fingerprint density at radius 3 is 2.47 bits per heavy atom. The van der Waals surface area contributed by atoms with E-state index in [1.165, 1.54) is 6.07 Å². The SMILES string of the molecule is CCC(=O)c1ccc(C)c(S(=O)(=O)NCC(C)C)c1. The molecule has 0 bridgehead atoms. The van der Waals surface area contributed by atoms with Crippen molar-refractivity contribution in [2.75, 3.05) is 6.54 Å². The molecule has 0 atom stereocenters. The molecule has 0 aliphatic rings. The number of carbonyl (C=O) groups is 1.